The van der Waals surface area contributed by atoms with Crippen LogP contribution < -0.4 is 10.6 Å². The third-order valence-electron chi connectivity index (χ3n) is 7.61. The summed E-state index contributed by atoms with van der Waals surface area (Å²) in [6, 6.07) is 16.2. The number of benzene rings is 2. The van der Waals surface area contributed by atoms with Gasteiger partial charge in [-0.15, -0.1) is 0 Å². The number of carbonyl (C=O) groups is 3. The van der Waals surface area contributed by atoms with Crippen LogP contribution in [0.2, 0.25) is 0 Å². The van der Waals surface area contributed by atoms with Crippen molar-refractivity contribution in [3.05, 3.63) is 59.7 Å². The number of fused-ring (bicyclic) bond motifs is 3. The van der Waals surface area contributed by atoms with Crippen LogP contribution >= 0.6 is 0 Å². The summed E-state index contributed by atoms with van der Waals surface area (Å²) in [6.45, 7) is 0.247. The van der Waals surface area contributed by atoms with Crippen molar-refractivity contribution in [1.29, 1.82) is 0 Å². The van der Waals surface area contributed by atoms with Crippen molar-refractivity contribution in [2.24, 2.45) is 11.8 Å². The number of carboxylic acid groups (broad SMARTS) is 1. The monoisotopic (exact) mass is 476 g/mol. The molecular formula is C28H32N2O5. The molecule has 7 heteroatoms. The molecule has 184 valence electrons. The minimum Gasteiger partial charge on any atom is -0.481 e. The topological polar surface area (TPSA) is 105 Å². The van der Waals surface area contributed by atoms with Crippen LogP contribution in [-0.2, 0) is 14.3 Å². The summed E-state index contributed by atoms with van der Waals surface area (Å²) in [6.07, 6.45) is 4.19. The van der Waals surface area contributed by atoms with Gasteiger partial charge in [0.1, 0.15) is 6.61 Å². The third kappa shape index (κ3) is 5.50. The Bertz CT molecular complexity index is 1070. The minimum absolute atomic E-state index is 0.00283. The first-order valence-electron chi connectivity index (χ1n) is 12.6. The third-order valence-corrected chi connectivity index (χ3v) is 7.61. The second-order valence-corrected chi connectivity index (χ2v) is 10.2. The predicted molar refractivity (Wildman–Crippen MR) is 131 cm³/mol. The lowest BCUT2D eigenvalue weighted by Gasteiger charge is -2.21. The summed E-state index contributed by atoms with van der Waals surface area (Å²) >= 11 is 0. The Morgan fingerprint density at radius 1 is 0.943 bits per heavy atom. The average Bonchev–Trinajstić information content (AvgIpc) is 3.52. The summed E-state index contributed by atoms with van der Waals surface area (Å²) < 4.78 is 5.68. The van der Waals surface area contributed by atoms with E-state index in [1.54, 1.807) is 0 Å². The number of alkyl carbamates (subject to hydrolysis) is 1. The van der Waals surface area contributed by atoms with E-state index in [9.17, 15) is 14.4 Å². The van der Waals surface area contributed by atoms with E-state index in [1.165, 1.54) is 11.1 Å². The maximum atomic E-state index is 12.7. The van der Waals surface area contributed by atoms with Crippen LogP contribution in [0.25, 0.3) is 11.1 Å². The highest BCUT2D eigenvalue weighted by atomic mass is 16.5. The van der Waals surface area contributed by atoms with Gasteiger partial charge in [-0.3, -0.25) is 9.59 Å². The lowest BCUT2D eigenvalue weighted by Crippen LogP contribution is -2.43. The van der Waals surface area contributed by atoms with Crippen molar-refractivity contribution in [1.82, 2.24) is 10.6 Å². The van der Waals surface area contributed by atoms with E-state index < -0.39 is 12.1 Å². The normalized spacial score (nSPS) is 21.6. The lowest BCUT2D eigenvalue weighted by atomic mass is 9.98. The molecule has 2 saturated carbocycles. The molecular weight excluding hydrogens is 444 g/mol. The summed E-state index contributed by atoms with van der Waals surface area (Å²) in [4.78, 5) is 36.3. The molecule has 3 aliphatic rings. The maximum absolute atomic E-state index is 12.7. The molecule has 2 amide bonds. The Balaban J connectivity index is 1.14. The summed E-state index contributed by atoms with van der Waals surface area (Å²) in [5.74, 6) is -0.470. The average molecular weight is 477 g/mol. The molecule has 2 aromatic carbocycles. The largest absolute Gasteiger partial charge is 0.481 e. The van der Waals surface area contributed by atoms with Crippen molar-refractivity contribution < 1.29 is 24.2 Å². The Kier molecular flexibility index (Phi) is 6.75. The Labute approximate surface area is 205 Å². The van der Waals surface area contributed by atoms with Gasteiger partial charge in [0, 0.05) is 30.8 Å². The van der Waals surface area contributed by atoms with Gasteiger partial charge in [0.25, 0.3) is 0 Å². The molecule has 0 aromatic heterocycles. The van der Waals surface area contributed by atoms with E-state index >= 15 is 0 Å². The van der Waals surface area contributed by atoms with Gasteiger partial charge in [0.05, 0.1) is 0 Å². The second kappa shape index (κ2) is 10.1. The minimum atomic E-state index is -0.789. The molecule has 3 aliphatic carbocycles. The number of rotatable bonds is 9. The Morgan fingerprint density at radius 3 is 2.23 bits per heavy atom. The number of hydrogen-bond acceptors (Lipinski definition) is 4. The quantitative estimate of drug-likeness (QED) is 0.496. The van der Waals surface area contributed by atoms with Crippen LogP contribution in [-0.4, -0.2) is 41.8 Å². The molecule has 0 heterocycles. The standard InChI is InChI=1S/C28H32N2O5/c31-26(29-19-12-9-17(13-19)14-27(32)33)15-25(18-10-11-18)30-28(34)35-16-24-22-7-3-1-5-20(22)21-6-2-4-8-23(21)24/h1-8,17-19,24-25H,9-16H2,(H,29,31)(H,30,34)(H,32,33)/t17-,19+,25?/m1/s1. The smallest absolute Gasteiger partial charge is 0.407 e. The molecule has 2 fully saturated rings. The molecule has 35 heavy (non-hydrogen) atoms. The zero-order chi connectivity index (χ0) is 24.4. The number of amides is 2. The highest BCUT2D eigenvalue weighted by molar-refractivity contribution is 5.80. The summed E-state index contributed by atoms with van der Waals surface area (Å²) in [5.41, 5.74) is 4.69. The number of aliphatic carboxylic acids is 1. The molecule has 5 rings (SSSR count). The van der Waals surface area contributed by atoms with E-state index in [2.05, 4.69) is 34.9 Å². The molecule has 7 nitrogen and oxygen atoms in total. The molecule has 2 aromatic rings. The first-order chi connectivity index (χ1) is 17.0. The van der Waals surface area contributed by atoms with Gasteiger partial charge in [-0.05, 0) is 66.2 Å². The fourth-order valence-electron chi connectivity index (χ4n) is 5.75. The fourth-order valence-corrected chi connectivity index (χ4v) is 5.75. The number of ether oxygens (including phenoxy) is 1. The predicted octanol–water partition coefficient (Wildman–Crippen LogP) is 4.45. The fraction of sp³-hybridized carbons (Fsp3) is 0.464. The maximum Gasteiger partial charge on any atom is 0.407 e. The molecule has 0 radical (unpaired) electrons. The molecule has 3 N–H and O–H groups in total. The summed E-state index contributed by atoms with van der Waals surface area (Å²) in [5, 5.41) is 15.0. The van der Waals surface area contributed by atoms with Gasteiger partial charge in [0.2, 0.25) is 5.91 Å². The van der Waals surface area contributed by atoms with Gasteiger partial charge in [-0.2, -0.15) is 0 Å². The van der Waals surface area contributed by atoms with Crippen molar-refractivity contribution in [2.75, 3.05) is 6.61 Å². The number of hydrogen-bond donors (Lipinski definition) is 3. The SMILES string of the molecule is O=C(O)C[C@@H]1CC[C@H](NC(=O)CC(NC(=O)OCC2c3ccccc3-c3ccccc32)C2CC2)C1. The summed E-state index contributed by atoms with van der Waals surface area (Å²) in [7, 11) is 0. The molecule has 0 saturated heterocycles. The van der Waals surface area contributed by atoms with Crippen LogP contribution in [0.5, 0.6) is 0 Å². The van der Waals surface area contributed by atoms with E-state index in [0.717, 1.165) is 36.8 Å². The van der Waals surface area contributed by atoms with Gasteiger partial charge >= 0.3 is 12.1 Å². The van der Waals surface area contributed by atoms with E-state index in [-0.39, 0.29) is 49.3 Å². The van der Waals surface area contributed by atoms with E-state index in [1.807, 2.05) is 24.3 Å². The zero-order valence-electron chi connectivity index (χ0n) is 19.7. The van der Waals surface area contributed by atoms with Crippen molar-refractivity contribution in [2.45, 2.75) is 62.9 Å². The number of nitrogens with one attached hydrogen (secondary N) is 2. The second-order valence-electron chi connectivity index (χ2n) is 10.2. The Morgan fingerprint density at radius 2 is 1.60 bits per heavy atom. The molecule has 0 bridgehead atoms. The van der Waals surface area contributed by atoms with Crippen LogP contribution in [0.15, 0.2) is 48.5 Å². The van der Waals surface area contributed by atoms with Crippen LogP contribution in [0.4, 0.5) is 4.79 Å². The first-order valence-corrected chi connectivity index (χ1v) is 12.6. The van der Waals surface area contributed by atoms with E-state index in [0.29, 0.717) is 12.3 Å². The first kappa shape index (κ1) is 23.4. The van der Waals surface area contributed by atoms with Crippen molar-refractivity contribution >= 4 is 18.0 Å². The molecule has 1 unspecified atom stereocenters. The molecule has 0 aliphatic heterocycles. The van der Waals surface area contributed by atoms with Gasteiger partial charge in [-0.1, -0.05) is 48.5 Å². The van der Waals surface area contributed by atoms with Crippen molar-refractivity contribution in [3.8, 4) is 11.1 Å². The highest BCUT2D eigenvalue weighted by Crippen LogP contribution is 2.44. The molecule has 0 spiro atoms. The van der Waals surface area contributed by atoms with Crippen LogP contribution in [0.3, 0.4) is 0 Å². The number of carboxylic acids is 1. The van der Waals surface area contributed by atoms with Crippen LogP contribution in [0.1, 0.15) is 62.0 Å². The van der Waals surface area contributed by atoms with Gasteiger partial charge in [0.15, 0.2) is 0 Å². The molecule has 3 atom stereocenters. The van der Waals surface area contributed by atoms with Crippen molar-refractivity contribution in [3.63, 3.8) is 0 Å². The Hall–Kier alpha value is -3.35. The number of carbonyl (C=O) groups excluding carboxylic acids is 2. The highest BCUT2D eigenvalue weighted by Gasteiger charge is 2.36. The van der Waals surface area contributed by atoms with E-state index in [4.69, 9.17) is 9.84 Å². The van der Waals surface area contributed by atoms with Gasteiger partial charge in [-0.25, -0.2) is 4.79 Å². The van der Waals surface area contributed by atoms with Gasteiger partial charge < -0.3 is 20.5 Å². The zero-order valence-corrected chi connectivity index (χ0v) is 19.7. The lowest BCUT2D eigenvalue weighted by molar-refractivity contribution is -0.138. The van der Waals surface area contributed by atoms with Crippen LogP contribution in [0, 0.1) is 11.8 Å².